The molecule has 6 heteroatoms. The molecule has 0 aromatic heterocycles. The number of benzene rings is 1. The van der Waals surface area contributed by atoms with E-state index < -0.39 is 11.9 Å². The van der Waals surface area contributed by atoms with E-state index in [4.69, 9.17) is 19.9 Å². The number of hydrogen-bond acceptors (Lipinski definition) is 6. The molecular weight excluding hydrogens is 320 g/mol. The molecule has 1 atom stereocenters. The predicted molar refractivity (Wildman–Crippen MR) is 92.2 cm³/mol. The first-order valence-electron chi connectivity index (χ1n) is 8.21. The van der Waals surface area contributed by atoms with Gasteiger partial charge in [0.2, 0.25) is 5.88 Å². The minimum Gasteiger partial charge on any atom is -0.494 e. The summed E-state index contributed by atoms with van der Waals surface area (Å²) in [6.45, 7) is 6.25. The molecule has 2 N–H and O–H groups in total. The Labute approximate surface area is 147 Å². The maximum Gasteiger partial charge on any atom is 0.338 e. The van der Waals surface area contributed by atoms with Crippen LogP contribution in [0.4, 0.5) is 0 Å². The monoisotopic (exact) mass is 342 g/mol. The Balaban J connectivity index is 2.45. The molecule has 0 bridgehead atoms. The molecule has 2 rings (SSSR count). The predicted octanol–water partition coefficient (Wildman–Crippen LogP) is 3.12. The quantitative estimate of drug-likeness (QED) is 0.798. The van der Waals surface area contributed by atoms with E-state index in [2.05, 4.69) is 6.07 Å². The minimum absolute atomic E-state index is 0.00404. The molecule has 1 aromatic rings. The molecule has 0 radical (unpaired) electrons. The van der Waals surface area contributed by atoms with Crippen molar-refractivity contribution in [3.05, 3.63) is 52.6 Å². The van der Waals surface area contributed by atoms with Crippen LogP contribution in [0.5, 0.6) is 5.75 Å². The normalized spacial score (nSPS) is 17.0. The number of allylic oxidation sites excluding steroid dienone is 2. The van der Waals surface area contributed by atoms with Crippen molar-refractivity contribution in [2.24, 2.45) is 5.73 Å². The number of rotatable bonds is 6. The Hall–Kier alpha value is -2.94. The average Bonchev–Trinajstić information content (AvgIpc) is 2.60. The van der Waals surface area contributed by atoms with Gasteiger partial charge in [0.1, 0.15) is 23.2 Å². The van der Waals surface area contributed by atoms with Gasteiger partial charge in [-0.05, 0) is 38.0 Å². The van der Waals surface area contributed by atoms with Crippen molar-refractivity contribution in [2.75, 3.05) is 13.2 Å². The van der Waals surface area contributed by atoms with Gasteiger partial charge in [0.25, 0.3) is 0 Å². The first kappa shape index (κ1) is 18.4. The summed E-state index contributed by atoms with van der Waals surface area (Å²) in [5, 5.41) is 9.51. The zero-order valence-corrected chi connectivity index (χ0v) is 14.7. The number of carbonyl (C=O) groups excluding carboxylic acids is 1. The third kappa shape index (κ3) is 3.94. The Morgan fingerprint density at radius 3 is 2.56 bits per heavy atom. The van der Waals surface area contributed by atoms with E-state index in [-0.39, 0.29) is 23.6 Å². The van der Waals surface area contributed by atoms with E-state index in [1.165, 1.54) is 0 Å². The summed E-state index contributed by atoms with van der Waals surface area (Å²) in [6.07, 6.45) is 0.911. The highest BCUT2D eigenvalue weighted by Crippen LogP contribution is 2.39. The molecule has 1 unspecified atom stereocenters. The van der Waals surface area contributed by atoms with Crippen molar-refractivity contribution < 1.29 is 19.0 Å². The highest BCUT2D eigenvalue weighted by Gasteiger charge is 2.36. The second kappa shape index (κ2) is 8.25. The summed E-state index contributed by atoms with van der Waals surface area (Å²) in [7, 11) is 0. The van der Waals surface area contributed by atoms with Crippen LogP contribution in [-0.4, -0.2) is 19.2 Å². The summed E-state index contributed by atoms with van der Waals surface area (Å²) >= 11 is 0. The Morgan fingerprint density at radius 1 is 1.32 bits per heavy atom. The van der Waals surface area contributed by atoms with Gasteiger partial charge in [0.05, 0.1) is 24.7 Å². The minimum atomic E-state index is -0.627. The van der Waals surface area contributed by atoms with E-state index >= 15 is 0 Å². The fourth-order valence-electron chi connectivity index (χ4n) is 2.66. The number of ether oxygens (including phenoxy) is 3. The molecule has 0 spiro atoms. The lowest BCUT2D eigenvalue weighted by atomic mass is 9.83. The lowest BCUT2D eigenvalue weighted by Crippen LogP contribution is -2.25. The van der Waals surface area contributed by atoms with E-state index in [0.29, 0.717) is 12.4 Å². The van der Waals surface area contributed by atoms with Crippen LogP contribution in [-0.2, 0) is 14.3 Å². The van der Waals surface area contributed by atoms with Crippen molar-refractivity contribution in [2.45, 2.75) is 33.1 Å². The van der Waals surface area contributed by atoms with Gasteiger partial charge < -0.3 is 19.9 Å². The number of hydrogen-bond donors (Lipinski definition) is 1. The Morgan fingerprint density at radius 2 is 2.00 bits per heavy atom. The van der Waals surface area contributed by atoms with Crippen molar-refractivity contribution in [1.29, 1.82) is 5.26 Å². The molecule has 0 amide bonds. The summed E-state index contributed by atoms with van der Waals surface area (Å²) in [5.41, 5.74) is 7.09. The van der Waals surface area contributed by atoms with Gasteiger partial charge in [-0.25, -0.2) is 4.79 Å². The summed E-state index contributed by atoms with van der Waals surface area (Å²) in [6, 6.07) is 9.31. The fraction of sp³-hybridized carbons (Fsp3) is 0.368. The van der Waals surface area contributed by atoms with Crippen LogP contribution in [0.25, 0.3) is 0 Å². The summed E-state index contributed by atoms with van der Waals surface area (Å²) < 4.78 is 16.1. The van der Waals surface area contributed by atoms with Crippen molar-refractivity contribution >= 4 is 5.97 Å². The number of carbonyl (C=O) groups is 1. The van der Waals surface area contributed by atoms with Gasteiger partial charge in [-0.15, -0.1) is 0 Å². The van der Waals surface area contributed by atoms with Crippen LogP contribution in [0.1, 0.15) is 38.7 Å². The highest BCUT2D eigenvalue weighted by molar-refractivity contribution is 5.92. The van der Waals surface area contributed by atoms with E-state index in [0.717, 1.165) is 17.7 Å². The van der Waals surface area contributed by atoms with Crippen molar-refractivity contribution in [3.63, 3.8) is 0 Å². The molecule has 25 heavy (non-hydrogen) atoms. The lowest BCUT2D eigenvalue weighted by Gasteiger charge is -2.26. The van der Waals surface area contributed by atoms with Crippen LogP contribution in [0, 0.1) is 11.3 Å². The van der Waals surface area contributed by atoms with Crippen molar-refractivity contribution in [3.8, 4) is 11.8 Å². The molecule has 1 aromatic carbocycles. The molecule has 6 nitrogen and oxygen atoms in total. The molecule has 1 heterocycles. The molecular formula is C19H22N2O4. The Bertz CT molecular complexity index is 742. The molecule has 0 aliphatic carbocycles. The van der Waals surface area contributed by atoms with Crippen LogP contribution in [0.3, 0.4) is 0 Å². The zero-order chi connectivity index (χ0) is 18.4. The van der Waals surface area contributed by atoms with Gasteiger partial charge in [0.15, 0.2) is 0 Å². The van der Waals surface area contributed by atoms with Crippen molar-refractivity contribution in [1.82, 2.24) is 0 Å². The van der Waals surface area contributed by atoms with E-state index in [1.54, 1.807) is 13.8 Å². The number of nitrogens with zero attached hydrogens (tertiary/aromatic N) is 1. The maximum absolute atomic E-state index is 12.4. The third-order valence-corrected chi connectivity index (χ3v) is 3.79. The van der Waals surface area contributed by atoms with Gasteiger partial charge in [-0.1, -0.05) is 19.1 Å². The van der Waals surface area contributed by atoms with E-state index in [9.17, 15) is 10.1 Å². The lowest BCUT2D eigenvalue weighted by molar-refractivity contribution is -0.139. The molecule has 132 valence electrons. The second-order valence-corrected chi connectivity index (χ2v) is 5.53. The third-order valence-electron chi connectivity index (χ3n) is 3.79. The van der Waals surface area contributed by atoms with Gasteiger partial charge in [0, 0.05) is 0 Å². The van der Waals surface area contributed by atoms with Crippen LogP contribution in [0.15, 0.2) is 47.1 Å². The number of esters is 1. The molecule has 1 aliphatic heterocycles. The Kier molecular flexibility index (Phi) is 6.07. The largest absolute Gasteiger partial charge is 0.494 e. The number of nitrogens with two attached hydrogens (primary N) is 1. The molecule has 0 saturated heterocycles. The first-order chi connectivity index (χ1) is 12.0. The van der Waals surface area contributed by atoms with Crippen LogP contribution >= 0.6 is 0 Å². The maximum atomic E-state index is 12.4. The highest BCUT2D eigenvalue weighted by atomic mass is 16.5. The molecule has 0 saturated carbocycles. The van der Waals surface area contributed by atoms with Crippen LogP contribution in [0.2, 0.25) is 0 Å². The fourth-order valence-corrected chi connectivity index (χ4v) is 2.66. The van der Waals surface area contributed by atoms with Crippen LogP contribution < -0.4 is 10.5 Å². The first-order valence-corrected chi connectivity index (χ1v) is 8.21. The summed E-state index contributed by atoms with van der Waals surface area (Å²) in [4.78, 5) is 12.4. The average molecular weight is 342 g/mol. The topological polar surface area (TPSA) is 94.6 Å². The number of nitriles is 1. The molecule has 0 fully saturated rings. The summed E-state index contributed by atoms with van der Waals surface area (Å²) in [5.74, 6) is -0.0725. The standard InChI is InChI=1S/C19H22N2O4/c1-4-10-24-14-8-6-13(7-9-14)17-15(11-20)18(21)25-12(3)16(17)19(22)23-5-2/h6-9,17H,4-5,10,21H2,1-3H3. The molecule has 1 aliphatic rings. The van der Waals surface area contributed by atoms with Gasteiger partial charge >= 0.3 is 5.97 Å². The smallest absolute Gasteiger partial charge is 0.338 e. The van der Waals surface area contributed by atoms with E-state index in [1.807, 2.05) is 31.2 Å². The van der Waals surface area contributed by atoms with Gasteiger partial charge in [-0.2, -0.15) is 5.26 Å². The zero-order valence-electron chi connectivity index (χ0n) is 14.7. The second-order valence-electron chi connectivity index (χ2n) is 5.53. The SMILES string of the molecule is CCCOc1ccc(C2C(C#N)=C(N)OC(C)=C2C(=O)OCC)cc1. The van der Waals surface area contributed by atoms with Gasteiger partial charge in [-0.3, -0.25) is 0 Å².